The standard InChI is InChI=1S/C7H6BrF2NO2/c1-13-3-2-11-6(8)5(12)4(3)7(9)10/h2,7,12H,1H3. The van der Waals surface area contributed by atoms with Gasteiger partial charge in [-0.05, 0) is 15.9 Å². The molecule has 0 atom stereocenters. The molecule has 6 heteroatoms. The molecule has 13 heavy (non-hydrogen) atoms. The Hall–Kier alpha value is -0.910. The molecule has 1 heterocycles. The maximum absolute atomic E-state index is 12.4. The van der Waals surface area contributed by atoms with Crippen LogP contribution in [-0.2, 0) is 0 Å². The number of aromatic nitrogens is 1. The van der Waals surface area contributed by atoms with Crippen molar-refractivity contribution in [3.63, 3.8) is 0 Å². The molecule has 0 radical (unpaired) electrons. The van der Waals surface area contributed by atoms with E-state index in [2.05, 4.69) is 25.7 Å². The Labute approximate surface area is 81.5 Å². The molecule has 0 spiro atoms. The molecule has 1 aromatic rings. The molecule has 3 nitrogen and oxygen atoms in total. The Bertz CT molecular complexity index is 320. The number of hydrogen-bond donors (Lipinski definition) is 1. The number of methoxy groups -OCH3 is 1. The molecule has 72 valence electrons. The van der Waals surface area contributed by atoms with Crippen LogP contribution in [0.4, 0.5) is 8.78 Å². The number of ether oxygens (including phenoxy) is 1. The van der Waals surface area contributed by atoms with Crippen LogP contribution in [0.1, 0.15) is 12.0 Å². The fourth-order valence-corrected chi connectivity index (χ4v) is 1.16. The van der Waals surface area contributed by atoms with Crippen LogP contribution in [-0.4, -0.2) is 17.2 Å². The van der Waals surface area contributed by atoms with Crippen molar-refractivity contribution < 1.29 is 18.6 Å². The van der Waals surface area contributed by atoms with E-state index < -0.39 is 17.7 Å². The normalized spacial score (nSPS) is 10.5. The van der Waals surface area contributed by atoms with E-state index in [1.165, 1.54) is 7.11 Å². The second-order valence-electron chi connectivity index (χ2n) is 2.18. The zero-order valence-electron chi connectivity index (χ0n) is 6.59. The van der Waals surface area contributed by atoms with Crippen molar-refractivity contribution in [3.05, 3.63) is 16.4 Å². The molecule has 1 aromatic heterocycles. The fourth-order valence-electron chi connectivity index (χ4n) is 0.847. The first-order valence-corrected chi connectivity index (χ1v) is 4.06. The number of aromatic hydroxyl groups is 1. The highest BCUT2D eigenvalue weighted by molar-refractivity contribution is 9.10. The average molecular weight is 254 g/mol. The van der Waals surface area contributed by atoms with Gasteiger partial charge in [0.1, 0.15) is 15.9 Å². The molecule has 0 fully saturated rings. The van der Waals surface area contributed by atoms with Crippen molar-refractivity contribution in [2.24, 2.45) is 0 Å². The average Bonchev–Trinajstić information content (AvgIpc) is 2.08. The summed E-state index contributed by atoms with van der Waals surface area (Å²) < 4.78 is 29.3. The summed E-state index contributed by atoms with van der Waals surface area (Å²) in [4.78, 5) is 3.60. The van der Waals surface area contributed by atoms with Gasteiger partial charge in [0.2, 0.25) is 0 Å². The summed E-state index contributed by atoms with van der Waals surface area (Å²) in [7, 11) is 1.23. The third-order valence-electron chi connectivity index (χ3n) is 1.45. The first-order chi connectivity index (χ1) is 6.07. The lowest BCUT2D eigenvalue weighted by molar-refractivity contribution is 0.142. The lowest BCUT2D eigenvalue weighted by atomic mass is 10.2. The van der Waals surface area contributed by atoms with Crippen LogP contribution >= 0.6 is 15.9 Å². The van der Waals surface area contributed by atoms with Crippen LogP contribution in [0.25, 0.3) is 0 Å². The highest BCUT2D eigenvalue weighted by Gasteiger charge is 2.21. The van der Waals surface area contributed by atoms with Crippen molar-refractivity contribution >= 4 is 15.9 Å². The van der Waals surface area contributed by atoms with Gasteiger partial charge in [-0.1, -0.05) is 0 Å². The quantitative estimate of drug-likeness (QED) is 0.824. The van der Waals surface area contributed by atoms with E-state index in [4.69, 9.17) is 0 Å². The van der Waals surface area contributed by atoms with Crippen LogP contribution < -0.4 is 4.74 Å². The monoisotopic (exact) mass is 253 g/mol. The topological polar surface area (TPSA) is 42.4 Å². The highest BCUT2D eigenvalue weighted by Crippen LogP contribution is 2.39. The van der Waals surface area contributed by atoms with E-state index in [0.29, 0.717) is 0 Å². The summed E-state index contributed by atoms with van der Waals surface area (Å²) in [6.45, 7) is 0. The zero-order chi connectivity index (χ0) is 10.0. The number of nitrogens with zero attached hydrogens (tertiary/aromatic N) is 1. The molecule has 0 aromatic carbocycles. The smallest absolute Gasteiger partial charge is 0.271 e. The summed E-state index contributed by atoms with van der Waals surface area (Å²) in [5.74, 6) is -0.718. The van der Waals surface area contributed by atoms with Gasteiger partial charge in [0.25, 0.3) is 6.43 Å². The van der Waals surface area contributed by atoms with Gasteiger partial charge in [-0.25, -0.2) is 13.8 Å². The molecular weight excluding hydrogens is 248 g/mol. The largest absolute Gasteiger partial charge is 0.505 e. The number of halogens is 3. The molecule has 0 bridgehead atoms. The van der Waals surface area contributed by atoms with Gasteiger partial charge in [0, 0.05) is 0 Å². The van der Waals surface area contributed by atoms with E-state index in [0.717, 1.165) is 6.20 Å². The molecule has 0 saturated heterocycles. The Morgan fingerprint density at radius 1 is 1.62 bits per heavy atom. The first-order valence-electron chi connectivity index (χ1n) is 3.27. The van der Waals surface area contributed by atoms with E-state index in [1.807, 2.05) is 0 Å². The minimum atomic E-state index is -2.80. The number of hydrogen-bond acceptors (Lipinski definition) is 3. The number of alkyl halides is 2. The minimum Gasteiger partial charge on any atom is -0.505 e. The van der Waals surface area contributed by atoms with Crippen molar-refractivity contribution in [2.45, 2.75) is 6.43 Å². The third-order valence-corrected chi connectivity index (χ3v) is 2.03. The van der Waals surface area contributed by atoms with Crippen LogP contribution in [0.3, 0.4) is 0 Å². The van der Waals surface area contributed by atoms with Crippen LogP contribution in [0.2, 0.25) is 0 Å². The molecular formula is C7H6BrF2NO2. The summed E-state index contributed by atoms with van der Waals surface area (Å²) in [6, 6.07) is 0. The lowest BCUT2D eigenvalue weighted by Crippen LogP contribution is -1.95. The second kappa shape index (κ2) is 3.87. The van der Waals surface area contributed by atoms with Gasteiger partial charge in [0.15, 0.2) is 5.75 Å². The van der Waals surface area contributed by atoms with Crippen molar-refractivity contribution in [1.29, 1.82) is 0 Å². The van der Waals surface area contributed by atoms with Crippen molar-refractivity contribution in [2.75, 3.05) is 7.11 Å². The third kappa shape index (κ3) is 1.88. The highest BCUT2D eigenvalue weighted by atomic mass is 79.9. The molecule has 0 aliphatic carbocycles. The first kappa shape index (κ1) is 10.2. The summed E-state index contributed by atoms with van der Waals surface area (Å²) in [6.07, 6.45) is -1.68. The summed E-state index contributed by atoms with van der Waals surface area (Å²) >= 11 is 2.83. The molecule has 0 unspecified atom stereocenters. The number of pyridine rings is 1. The van der Waals surface area contributed by atoms with E-state index in [9.17, 15) is 13.9 Å². The van der Waals surface area contributed by atoms with E-state index in [-0.39, 0.29) is 10.4 Å². The lowest BCUT2D eigenvalue weighted by Gasteiger charge is -2.09. The Kier molecular flexibility index (Phi) is 3.02. The van der Waals surface area contributed by atoms with Gasteiger partial charge in [-0.2, -0.15) is 0 Å². The van der Waals surface area contributed by atoms with Gasteiger partial charge in [-0.3, -0.25) is 0 Å². The molecule has 0 saturated carbocycles. The predicted molar refractivity (Wildman–Crippen MR) is 45.1 cm³/mol. The summed E-state index contributed by atoms with van der Waals surface area (Å²) in [5.41, 5.74) is -0.552. The van der Waals surface area contributed by atoms with Crippen LogP contribution in [0, 0.1) is 0 Å². The van der Waals surface area contributed by atoms with Gasteiger partial charge >= 0.3 is 0 Å². The maximum Gasteiger partial charge on any atom is 0.271 e. The predicted octanol–water partition coefficient (Wildman–Crippen LogP) is 2.50. The Balaban J connectivity index is 3.32. The molecule has 0 aliphatic heterocycles. The number of rotatable bonds is 2. The maximum atomic E-state index is 12.4. The molecule has 0 aliphatic rings. The van der Waals surface area contributed by atoms with E-state index >= 15 is 0 Å². The Morgan fingerprint density at radius 3 is 2.69 bits per heavy atom. The van der Waals surface area contributed by atoms with Gasteiger partial charge < -0.3 is 9.84 Å². The summed E-state index contributed by atoms with van der Waals surface area (Å²) in [5, 5.41) is 9.21. The minimum absolute atomic E-state index is 0.0244. The zero-order valence-corrected chi connectivity index (χ0v) is 8.18. The fraction of sp³-hybridized carbons (Fsp3) is 0.286. The van der Waals surface area contributed by atoms with Crippen molar-refractivity contribution in [3.8, 4) is 11.5 Å². The van der Waals surface area contributed by atoms with Crippen molar-refractivity contribution in [1.82, 2.24) is 4.98 Å². The van der Waals surface area contributed by atoms with E-state index in [1.54, 1.807) is 0 Å². The Morgan fingerprint density at radius 2 is 2.23 bits per heavy atom. The van der Waals surface area contributed by atoms with Crippen LogP contribution in [0.15, 0.2) is 10.8 Å². The molecule has 1 rings (SSSR count). The SMILES string of the molecule is COc1cnc(Br)c(O)c1C(F)F. The van der Waals surface area contributed by atoms with Crippen LogP contribution in [0.5, 0.6) is 11.5 Å². The van der Waals surface area contributed by atoms with Gasteiger partial charge in [0.05, 0.1) is 13.3 Å². The second-order valence-corrected chi connectivity index (χ2v) is 2.93. The molecule has 0 amide bonds. The molecule has 1 N–H and O–H groups in total. The van der Waals surface area contributed by atoms with Gasteiger partial charge in [-0.15, -0.1) is 0 Å².